The standard InChI is InChI=1S/C21H24FNO3/c1-3-21(22,20(24)25-2)26-15-14-23(16-18-10-6-4-7-11-18)17-19-12-8-5-9-13-19/h3-13H,1,14-17H2,2H3. The number of alkyl halides is 1. The van der Waals surface area contributed by atoms with E-state index in [-0.39, 0.29) is 6.61 Å². The minimum Gasteiger partial charge on any atom is -0.465 e. The van der Waals surface area contributed by atoms with Crippen LogP contribution in [0.15, 0.2) is 73.3 Å². The summed E-state index contributed by atoms with van der Waals surface area (Å²) >= 11 is 0. The van der Waals surface area contributed by atoms with Gasteiger partial charge in [-0.2, -0.15) is 4.39 Å². The zero-order valence-corrected chi connectivity index (χ0v) is 14.9. The normalized spacial score (nSPS) is 13.2. The molecule has 0 saturated carbocycles. The molecule has 0 aliphatic heterocycles. The Balaban J connectivity index is 2.01. The van der Waals surface area contributed by atoms with Crippen LogP contribution in [0, 0.1) is 0 Å². The molecule has 138 valence electrons. The summed E-state index contributed by atoms with van der Waals surface area (Å²) in [6.07, 6.45) is 0.817. The maximum atomic E-state index is 14.4. The van der Waals surface area contributed by atoms with Crippen molar-refractivity contribution in [1.82, 2.24) is 4.90 Å². The third-order valence-corrected chi connectivity index (χ3v) is 3.94. The van der Waals surface area contributed by atoms with Crippen molar-refractivity contribution in [2.45, 2.75) is 18.9 Å². The van der Waals surface area contributed by atoms with E-state index in [1.807, 2.05) is 60.7 Å². The lowest BCUT2D eigenvalue weighted by Gasteiger charge is -2.25. The number of nitrogens with zero attached hydrogens (tertiary/aromatic N) is 1. The molecule has 1 atom stereocenters. The average molecular weight is 357 g/mol. The molecule has 0 spiro atoms. The maximum absolute atomic E-state index is 14.4. The molecule has 4 nitrogen and oxygen atoms in total. The highest BCUT2D eigenvalue weighted by Gasteiger charge is 2.37. The molecule has 26 heavy (non-hydrogen) atoms. The van der Waals surface area contributed by atoms with Crippen molar-refractivity contribution in [1.29, 1.82) is 0 Å². The van der Waals surface area contributed by atoms with Gasteiger partial charge in [-0.15, -0.1) is 0 Å². The molecule has 0 aromatic heterocycles. The van der Waals surface area contributed by atoms with Gasteiger partial charge in [0, 0.05) is 19.6 Å². The molecule has 0 aliphatic carbocycles. The number of hydrogen-bond donors (Lipinski definition) is 0. The molecule has 2 rings (SSSR count). The highest BCUT2D eigenvalue weighted by atomic mass is 19.2. The molecular formula is C21H24FNO3. The van der Waals surface area contributed by atoms with Gasteiger partial charge < -0.3 is 9.47 Å². The molecule has 0 radical (unpaired) electrons. The topological polar surface area (TPSA) is 38.8 Å². The van der Waals surface area contributed by atoms with Gasteiger partial charge in [0.15, 0.2) is 0 Å². The summed E-state index contributed by atoms with van der Waals surface area (Å²) in [6.45, 7) is 5.16. The van der Waals surface area contributed by atoms with Crippen LogP contribution in [0.5, 0.6) is 0 Å². The second-order valence-corrected chi connectivity index (χ2v) is 5.87. The van der Waals surface area contributed by atoms with Crippen LogP contribution in [0.1, 0.15) is 11.1 Å². The monoisotopic (exact) mass is 357 g/mol. The summed E-state index contributed by atoms with van der Waals surface area (Å²) in [4.78, 5) is 13.6. The summed E-state index contributed by atoms with van der Waals surface area (Å²) in [7, 11) is 1.11. The zero-order chi connectivity index (χ0) is 18.8. The molecule has 0 aliphatic rings. The number of hydrogen-bond acceptors (Lipinski definition) is 4. The van der Waals surface area contributed by atoms with Crippen molar-refractivity contribution in [2.24, 2.45) is 0 Å². The Morgan fingerprint density at radius 2 is 1.58 bits per heavy atom. The summed E-state index contributed by atoms with van der Waals surface area (Å²) in [6, 6.07) is 20.0. The Labute approximate surface area is 153 Å². The molecule has 0 saturated heterocycles. The van der Waals surface area contributed by atoms with Crippen molar-refractivity contribution < 1.29 is 18.7 Å². The number of rotatable bonds is 10. The van der Waals surface area contributed by atoms with Crippen molar-refractivity contribution in [3.8, 4) is 0 Å². The van der Waals surface area contributed by atoms with Gasteiger partial charge in [0.05, 0.1) is 13.7 Å². The number of esters is 1. The number of ether oxygens (including phenoxy) is 2. The minimum atomic E-state index is -2.63. The van der Waals surface area contributed by atoms with E-state index in [1.54, 1.807) is 0 Å². The quantitative estimate of drug-likeness (QED) is 0.480. The highest BCUT2D eigenvalue weighted by Crippen LogP contribution is 2.17. The van der Waals surface area contributed by atoms with E-state index >= 15 is 0 Å². The van der Waals surface area contributed by atoms with Crippen LogP contribution in [0.3, 0.4) is 0 Å². The molecule has 0 amide bonds. The second kappa shape index (κ2) is 9.85. The van der Waals surface area contributed by atoms with Gasteiger partial charge in [0.2, 0.25) is 0 Å². The number of benzene rings is 2. The van der Waals surface area contributed by atoms with Crippen LogP contribution in [0.25, 0.3) is 0 Å². The summed E-state index contributed by atoms with van der Waals surface area (Å²) in [5, 5.41) is 0. The average Bonchev–Trinajstić information content (AvgIpc) is 2.68. The van der Waals surface area contributed by atoms with Crippen LogP contribution < -0.4 is 0 Å². The van der Waals surface area contributed by atoms with Crippen molar-refractivity contribution in [3.05, 3.63) is 84.4 Å². The lowest BCUT2D eigenvalue weighted by molar-refractivity contribution is -0.185. The summed E-state index contributed by atoms with van der Waals surface area (Å²) in [5.41, 5.74) is 2.29. The van der Waals surface area contributed by atoms with Crippen LogP contribution in [-0.2, 0) is 27.4 Å². The first-order valence-corrected chi connectivity index (χ1v) is 8.42. The van der Waals surface area contributed by atoms with Gasteiger partial charge in [-0.05, 0) is 17.2 Å². The SMILES string of the molecule is C=CC(F)(OCCN(Cc1ccccc1)Cc1ccccc1)C(=O)OC. The Bertz CT molecular complexity index is 651. The lowest BCUT2D eigenvalue weighted by Crippen LogP contribution is -2.38. The van der Waals surface area contributed by atoms with Gasteiger partial charge in [-0.25, -0.2) is 4.79 Å². The van der Waals surface area contributed by atoms with E-state index < -0.39 is 11.8 Å². The third kappa shape index (κ3) is 5.79. The van der Waals surface area contributed by atoms with Gasteiger partial charge in [-0.3, -0.25) is 4.90 Å². The smallest absolute Gasteiger partial charge is 0.376 e. The van der Waals surface area contributed by atoms with Gasteiger partial charge in [0.1, 0.15) is 0 Å². The highest BCUT2D eigenvalue weighted by molar-refractivity contribution is 5.79. The van der Waals surface area contributed by atoms with E-state index in [0.717, 1.165) is 24.3 Å². The minimum absolute atomic E-state index is 0.0251. The lowest BCUT2D eigenvalue weighted by atomic mass is 10.1. The molecule has 0 fully saturated rings. The Hall–Kier alpha value is -2.50. The molecule has 1 unspecified atom stereocenters. The van der Waals surface area contributed by atoms with Crippen molar-refractivity contribution >= 4 is 5.97 Å². The first kappa shape index (κ1) is 19.8. The van der Waals surface area contributed by atoms with Crippen LogP contribution in [0.4, 0.5) is 4.39 Å². The fourth-order valence-corrected chi connectivity index (χ4v) is 2.56. The third-order valence-electron chi connectivity index (χ3n) is 3.94. The number of carbonyl (C=O) groups is 1. The molecule has 0 N–H and O–H groups in total. The zero-order valence-electron chi connectivity index (χ0n) is 14.9. The largest absolute Gasteiger partial charge is 0.465 e. The van der Waals surface area contributed by atoms with E-state index in [4.69, 9.17) is 4.74 Å². The van der Waals surface area contributed by atoms with Crippen LogP contribution >= 0.6 is 0 Å². The number of methoxy groups -OCH3 is 1. The molecule has 5 heteroatoms. The Morgan fingerprint density at radius 1 is 1.08 bits per heavy atom. The second-order valence-electron chi connectivity index (χ2n) is 5.87. The fraction of sp³-hybridized carbons (Fsp3) is 0.286. The predicted octanol–water partition coefficient (Wildman–Crippen LogP) is 3.73. The van der Waals surface area contributed by atoms with Crippen molar-refractivity contribution in [2.75, 3.05) is 20.3 Å². The van der Waals surface area contributed by atoms with E-state index in [0.29, 0.717) is 19.6 Å². The van der Waals surface area contributed by atoms with Crippen LogP contribution in [0.2, 0.25) is 0 Å². The summed E-state index contributed by atoms with van der Waals surface area (Å²) in [5.74, 6) is -3.73. The van der Waals surface area contributed by atoms with E-state index in [9.17, 15) is 9.18 Å². The van der Waals surface area contributed by atoms with Crippen LogP contribution in [-0.4, -0.2) is 37.0 Å². The molecular weight excluding hydrogens is 333 g/mol. The Kier molecular flexibility index (Phi) is 7.51. The van der Waals surface area contributed by atoms with E-state index in [2.05, 4.69) is 16.2 Å². The van der Waals surface area contributed by atoms with Gasteiger partial charge in [0.25, 0.3) is 0 Å². The number of carbonyl (C=O) groups excluding carboxylic acids is 1. The molecule has 2 aromatic carbocycles. The molecule has 0 bridgehead atoms. The van der Waals surface area contributed by atoms with Gasteiger partial charge >= 0.3 is 11.8 Å². The predicted molar refractivity (Wildman–Crippen MR) is 99.0 cm³/mol. The fourth-order valence-electron chi connectivity index (χ4n) is 2.56. The molecule has 2 aromatic rings. The Morgan fingerprint density at radius 3 is 2.00 bits per heavy atom. The first-order chi connectivity index (χ1) is 12.6. The number of halogens is 1. The van der Waals surface area contributed by atoms with Crippen molar-refractivity contribution in [3.63, 3.8) is 0 Å². The van der Waals surface area contributed by atoms with E-state index in [1.165, 1.54) is 0 Å². The summed E-state index contributed by atoms with van der Waals surface area (Å²) < 4.78 is 24.0. The van der Waals surface area contributed by atoms with Gasteiger partial charge in [-0.1, -0.05) is 67.2 Å². The molecule has 0 heterocycles. The first-order valence-electron chi connectivity index (χ1n) is 8.42. The maximum Gasteiger partial charge on any atom is 0.376 e.